The maximum atomic E-state index is 13.7. The van der Waals surface area contributed by atoms with Crippen LogP contribution in [0, 0.1) is 6.92 Å². The minimum Gasteiger partial charge on any atom is -0.497 e. The van der Waals surface area contributed by atoms with Crippen molar-refractivity contribution in [3.63, 3.8) is 0 Å². The van der Waals surface area contributed by atoms with Crippen molar-refractivity contribution >= 4 is 33.5 Å². The van der Waals surface area contributed by atoms with Gasteiger partial charge in [0.05, 0.1) is 25.5 Å². The smallest absolute Gasteiger partial charge is 0.278 e. The SMILES string of the molecule is COc1ccc(Cn2cnc3c4cc(C)ccc4n(Cc4ccccc4Cl)c3c2=O)cc1. The average molecular weight is 444 g/mol. The molecule has 5 rings (SSSR count). The summed E-state index contributed by atoms with van der Waals surface area (Å²) in [7, 11) is 1.64. The molecule has 5 aromatic rings. The molecule has 0 amide bonds. The average Bonchev–Trinajstić information content (AvgIpc) is 3.11. The van der Waals surface area contributed by atoms with E-state index in [-0.39, 0.29) is 5.56 Å². The Hall–Kier alpha value is -3.57. The number of hydrogen-bond donors (Lipinski definition) is 0. The van der Waals surface area contributed by atoms with Crippen LogP contribution in [-0.2, 0) is 13.1 Å². The molecule has 0 bridgehead atoms. The first-order chi connectivity index (χ1) is 15.5. The number of fused-ring (bicyclic) bond motifs is 3. The van der Waals surface area contributed by atoms with E-state index in [2.05, 4.69) is 18.2 Å². The normalized spacial score (nSPS) is 11.3. The van der Waals surface area contributed by atoms with Gasteiger partial charge >= 0.3 is 0 Å². The monoisotopic (exact) mass is 443 g/mol. The first-order valence-electron chi connectivity index (χ1n) is 10.4. The molecular weight excluding hydrogens is 422 g/mol. The lowest BCUT2D eigenvalue weighted by Gasteiger charge is -2.11. The van der Waals surface area contributed by atoms with Crippen molar-refractivity contribution in [1.29, 1.82) is 0 Å². The zero-order chi connectivity index (χ0) is 22.2. The number of aromatic nitrogens is 3. The second-order valence-electron chi connectivity index (χ2n) is 7.92. The Morgan fingerprint density at radius 3 is 2.53 bits per heavy atom. The highest BCUT2D eigenvalue weighted by atomic mass is 35.5. The van der Waals surface area contributed by atoms with Crippen LogP contribution in [0.2, 0.25) is 5.02 Å². The van der Waals surface area contributed by atoms with E-state index in [0.29, 0.717) is 29.1 Å². The van der Waals surface area contributed by atoms with Crippen LogP contribution < -0.4 is 10.3 Å². The minimum absolute atomic E-state index is 0.0771. The van der Waals surface area contributed by atoms with Crippen molar-refractivity contribution < 1.29 is 4.74 Å². The minimum atomic E-state index is -0.0771. The largest absolute Gasteiger partial charge is 0.497 e. The number of rotatable bonds is 5. The van der Waals surface area contributed by atoms with E-state index in [1.165, 1.54) is 0 Å². The Balaban J connectivity index is 1.69. The molecule has 2 aromatic heterocycles. The van der Waals surface area contributed by atoms with Crippen molar-refractivity contribution in [2.75, 3.05) is 7.11 Å². The second-order valence-corrected chi connectivity index (χ2v) is 8.33. The van der Waals surface area contributed by atoms with Crippen molar-refractivity contribution in [2.24, 2.45) is 0 Å². The highest BCUT2D eigenvalue weighted by molar-refractivity contribution is 6.31. The highest BCUT2D eigenvalue weighted by Gasteiger charge is 2.18. The number of benzene rings is 3. The van der Waals surface area contributed by atoms with E-state index in [9.17, 15) is 4.79 Å². The van der Waals surface area contributed by atoms with E-state index < -0.39 is 0 Å². The molecule has 6 heteroatoms. The number of halogens is 1. The predicted octanol–water partition coefficient (Wildman–Crippen LogP) is 5.42. The summed E-state index contributed by atoms with van der Waals surface area (Å²) in [6.07, 6.45) is 1.64. The first kappa shape index (κ1) is 20.3. The maximum Gasteiger partial charge on any atom is 0.278 e. The van der Waals surface area contributed by atoms with E-state index >= 15 is 0 Å². The van der Waals surface area contributed by atoms with Gasteiger partial charge in [0.2, 0.25) is 0 Å². The standard InChI is InChI=1S/C26H22ClN3O2/c1-17-7-12-23-21(13-17)24-25(30(23)15-19-5-3-4-6-22(19)27)26(31)29(16-28-24)14-18-8-10-20(32-2)11-9-18/h3-13,16H,14-15H2,1-2H3. The van der Waals surface area contributed by atoms with Crippen LogP contribution in [0.5, 0.6) is 5.75 Å². The Kier molecular flexibility index (Phi) is 5.19. The maximum absolute atomic E-state index is 13.7. The Morgan fingerprint density at radius 1 is 1.00 bits per heavy atom. The molecule has 5 nitrogen and oxygen atoms in total. The molecule has 0 unspecified atom stereocenters. The number of ether oxygens (including phenoxy) is 1. The number of methoxy groups -OCH3 is 1. The molecule has 0 aliphatic carbocycles. The molecule has 0 fully saturated rings. The second kappa shape index (κ2) is 8.17. The van der Waals surface area contributed by atoms with E-state index in [4.69, 9.17) is 21.3 Å². The van der Waals surface area contributed by atoms with Gasteiger partial charge in [-0.3, -0.25) is 9.36 Å². The van der Waals surface area contributed by atoms with E-state index in [1.807, 2.05) is 60.0 Å². The van der Waals surface area contributed by atoms with Gasteiger partial charge in [0.15, 0.2) is 0 Å². The van der Waals surface area contributed by atoms with Crippen molar-refractivity contribution in [3.05, 3.63) is 105 Å². The molecule has 0 saturated heterocycles. The number of hydrogen-bond acceptors (Lipinski definition) is 3. The fourth-order valence-electron chi connectivity index (χ4n) is 4.12. The molecule has 0 aliphatic heterocycles. The van der Waals surface area contributed by atoms with Crippen molar-refractivity contribution in [1.82, 2.24) is 14.1 Å². The summed E-state index contributed by atoms with van der Waals surface area (Å²) in [6.45, 7) is 2.96. The summed E-state index contributed by atoms with van der Waals surface area (Å²) in [6, 6.07) is 21.6. The fourth-order valence-corrected chi connectivity index (χ4v) is 4.31. The molecular formula is C26H22ClN3O2. The number of nitrogens with zero attached hydrogens (tertiary/aromatic N) is 3. The summed E-state index contributed by atoms with van der Waals surface area (Å²) in [4.78, 5) is 18.4. The van der Waals surface area contributed by atoms with Crippen LogP contribution in [0.4, 0.5) is 0 Å². The summed E-state index contributed by atoms with van der Waals surface area (Å²) in [5, 5.41) is 1.65. The van der Waals surface area contributed by atoms with Gasteiger partial charge in [-0.1, -0.05) is 53.6 Å². The summed E-state index contributed by atoms with van der Waals surface area (Å²) in [5.74, 6) is 0.782. The Morgan fingerprint density at radius 2 is 1.78 bits per heavy atom. The molecule has 0 N–H and O–H groups in total. The topological polar surface area (TPSA) is 49.0 Å². The van der Waals surface area contributed by atoms with Crippen LogP contribution >= 0.6 is 11.6 Å². The summed E-state index contributed by atoms with van der Waals surface area (Å²) < 4.78 is 8.92. The third-order valence-corrected chi connectivity index (χ3v) is 6.15. The number of aryl methyl sites for hydroxylation is 1. The summed E-state index contributed by atoms with van der Waals surface area (Å²) >= 11 is 6.45. The van der Waals surface area contributed by atoms with Gasteiger partial charge in [0, 0.05) is 17.0 Å². The molecule has 0 saturated carbocycles. The van der Waals surface area contributed by atoms with Crippen LogP contribution in [-0.4, -0.2) is 21.2 Å². The lowest BCUT2D eigenvalue weighted by molar-refractivity contribution is 0.414. The van der Waals surface area contributed by atoms with Gasteiger partial charge in [-0.15, -0.1) is 0 Å². The lowest BCUT2D eigenvalue weighted by atomic mass is 10.1. The van der Waals surface area contributed by atoms with Gasteiger partial charge in [0.1, 0.15) is 16.8 Å². The van der Waals surface area contributed by atoms with Gasteiger partial charge < -0.3 is 9.30 Å². The molecule has 160 valence electrons. The van der Waals surface area contributed by atoms with Crippen LogP contribution in [0.3, 0.4) is 0 Å². The molecule has 0 spiro atoms. The van der Waals surface area contributed by atoms with Gasteiger partial charge in [-0.05, 0) is 48.4 Å². The lowest BCUT2D eigenvalue weighted by Crippen LogP contribution is -2.23. The first-order valence-corrected chi connectivity index (χ1v) is 10.8. The third-order valence-electron chi connectivity index (χ3n) is 5.78. The molecule has 32 heavy (non-hydrogen) atoms. The van der Waals surface area contributed by atoms with Gasteiger partial charge in [0.25, 0.3) is 5.56 Å². The molecule has 0 atom stereocenters. The predicted molar refractivity (Wildman–Crippen MR) is 129 cm³/mol. The van der Waals surface area contributed by atoms with Crippen molar-refractivity contribution in [2.45, 2.75) is 20.0 Å². The van der Waals surface area contributed by atoms with Crippen LogP contribution in [0.15, 0.2) is 77.9 Å². The fraction of sp³-hybridized carbons (Fsp3) is 0.154. The molecule has 2 heterocycles. The van der Waals surface area contributed by atoms with E-state index in [0.717, 1.165) is 33.3 Å². The van der Waals surface area contributed by atoms with E-state index in [1.54, 1.807) is 18.0 Å². The zero-order valence-electron chi connectivity index (χ0n) is 17.9. The van der Waals surface area contributed by atoms with Crippen molar-refractivity contribution in [3.8, 4) is 5.75 Å². The van der Waals surface area contributed by atoms with Crippen LogP contribution in [0.1, 0.15) is 16.7 Å². The van der Waals surface area contributed by atoms with Gasteiger partial charge in [-0.2, -0.15) is 0 Å². The Bertz CT molecular complexity index is 1500. The molecule has 0 aliphatic rings. The molecule has 3 aromatic carbocycles. The quantitative estimate of drug-likeness (QED) is 0.364. The molecule has 0 radical (unpaired) electrons. The van der Waals surface area contributed by atoms with Crippen LogP contribution in [0.25, 0.3) is 21.9 Å². The Labute approximate surface area is 190 Å². The zero-order valence-corrected chi connectivity index (χ0v) is 18.6. The van der Waals surface area contributed by atoms with Gasteiger partial charge in [-0.25, -0.2) is 4.98 Å². The third kappa shape index (κ3) is 3.55. The summed E-state index contributed by atoms with van der Waals surface area (Å²) in [5.41, 5.74) is 5.27. The highest BCUT2D eigenvalue weighted by Crippen LogP contribution is 2.28.